The van der Waals surface area contributed by atoms with E-state index >= 15 is 0 Å². The number of aromatic nitrogens is 1. The van der Waals surface area contributed by atoms with Gasteiger partial charge in [0.2, 0.25) is 0 Å². The Balaban J connectivity index is 1.51. The Bertz CT molecular complexity index is 717. The Kier molecular flexibility index (Phi) is 5.49. The normalized spacial score (nSPS) is 33.8. The van der Waals surface area contributed by atoms with Gasteiger partial charge in [-0.05, 0) is 79.7 Å². The minimum atomic E-state index is -0.486. The van der Waals surface area contributed by atoms with Crippen LogP contribution in [0.15, 0.2) is 12.3 Å². The van der Waals surface area contributed by atoms with Gasteiger partial charge in [-0.25, -0.2) is 5.48 Å². The summed E-state index contributed by atoms with van der Waals surface area (Å²) < 4.78 is 0. The molecule has 28 heavy (non-hydrogen) atoms. The number of fused-ring (bicyclic) bond motifs is 3. The maximum atomic E-state index is 11.7. The van der Waals surface area contributed by atoms with Crippen LogP contribution in [0, 0.1) is 23.2 Å². The molecule has 1 aromatic rings. The quantitative estimate of drug-likeness (QED) is 0.602. The van der Waals surface area contributed by atoms with E-state index in [2.05, 4.69) is 30.7 Å². The molecular formula is C23H35N3O2. The molecule has 4 rings (SSSR count). The number of nitrogens with one attached hydrogen (secondary N) is 1. The number of rotatable bonds is 4. The fourth-order valence-electron chi connectivity index (χ4n) is 6.99. The van der Waals surface area contributed by atoms with Crippen LogP contribution in [-0.4, -0.2) is 33.6 Å². The largest absolute Gasteiger partial charge is 0.294 e. The third kappa shape index (κ3) is 3.71. The van der Waals surface area contributed by atoms with Crippen molar-refractivity contribution in [2.45, 2.75) is 78.3 Å². The molecule has 3 aliphatic rings. The van der Waals surface area contributed by atoms with Crippen LogP contribution in [0.3, 0.4) is 0 Å². The fraction of sp³-hybridized carbons (Fsp3) is 0.739. The van der Waals surface area contributed by atoms with E-state index in [-0.39, 0.29) is 0 Å². The summed E-state index contributed by atoms with van der Waals surface area (Å²) in [5.74, 6) is 2.25. The SMILES string of the molecule is CCC(N1CCc2cc(C(=O)NO)cnc2C1)C1(C)CC2CC(C)CC(C2)C1. The second-order valence-corrected chi connectivity index (χ2v) is 10.0. The molecule has 5 heteroatoms. The third-order valence-corrected chi connectivity index (χ3v) is 7.72. The number of nitrogens with zero attached hydrogens (tertiary/aromatic N) is 2. The minimum absolute atomic E-state index is 0.399. The number of amides is 1. The third-order valence-electron chi connectivity index (χ3n) is 7.72. The Hall–Kier alpha value is -1.46. The highest BCUT2D eigenvalue weighted by molar-refractivity contribution is 5.93. The van der Waals surface area contributed by atoms with Crippen molar-refractivity contribution in [3.63, 3.8) is 0 Å². The molecule has 2 heterocycles. The van der Waals surface area contributed by atoms with Gasteiger partial charge in [0.15, 0.2) is 0 Å². The van der Waals surface area contributed by atoms with Gasteiger partial charge >= 0.3 is 0 Å². The summed E-state index contributed by atoms with van der Waals surface area (Å²) in [5.41, 5.74) is 4.77. The predicted octanol–water partition coefficient (Wildman–Crippen LogP) is 4.19. The maximum absolute atomic E-state index is 11.7. The lowest BCUT2D eigenvalue weighted by atomic mass is 9.57. The first-order chi connectivity index (χ1) is 13.4. The van der Waals surface area contributed by atoms with E-state index in [4.69, 9.17) is 5.21 Å². The van der Waals surface area contributed by atoms with Crippen LogP contribution in [0.2, 0.25) is 0 Å². The van der Waals surface area contributed by atoms with Crippen molar-refractivity contribution in [1.29, 1.82) is 0 Å². The van der Waals surface area contributed by atoms with Gasteiger partial charge in [0, 0.05) is 25.3 Å². The topological polar surface area (TPSA) is 65.5 Å². The number of carbonyl (C=O) groups is 1. The van der Waals surface area contributed by atoms with E-state index in [1.54, 1.807) is 11.7 Å². The fourth-order valence-corrected chi connectivity index (χ4v) is 6.99. The summed E-state index contributed by atoms with van der Waals surface area (Å²) in [7, 11) is 0. The molecular weight excluding hydrogens is 350 g/mol. The molecule has 1 aromatic heterocycles. The number of hydroxylamine groups is 1. The van der Waals surface area contributed by atoms with Crippen molar-refractivity contribution in [2.75, 3.05) is 6.54 Å². The van der Waals surface area contributed by atoms with Gasteiger partial charge in [0.05, 0.1) is 11.3 Å². The average Bonchev–Trinajstić information content (AvgIpc) is 2.66. The molecule has 0 saturated heterocycles. The molecule has 0 spiro atoms. The van der Waals surface area contributed by atoms with Crippen LogP contribution >= 0.6 is 0 Å². The molecule has 3 atom stereocenters. The number of hydrogen-bond acceptors (Lipinski definition) is 4. The van der Waals surface area contributed by atoms with Gasteiger partial charge in [0.25, 0.3) is 5.91 Å². The second-order valence-electron chi connectivity index (χ2n) is 10.0. The van der Waals surface area contributed by atoms with Gasteiger partial charge in [-0.3, -0.25) is 19.9 Å². The van der Waals surface area contributed by atoms with Crippen molar-refractivity contribution in [1.82, 2.24) is 15.4 Å². The van der Waals surface area contributed by atoms with Gasteiger partial charge in [-0.2, -0.15) is 0 Å². The van der Waals surface area contributed by atoms with Crippen molar-refractivity contribution >= 4 is 5.91 Å². The molecule has 2 bridgehead atoms. The maximum Gasteiger partial charge on any atom is 0.276 e. The highest BCUT2D eigenvalue weighted by Crippen LogP contribution is 2.53. The zero-order valence-electron chi connectivity index (χ0n) is 17.6. The Morgan fingerprint density at radius 2 is 2.07 bits per heavy atom. The lowest BCUT2D eigenvalue weighted by Crippen LogP contribution is -2.52. The van der Waals surface area contributed by atoms with Crippen LogP contribution in [0.5, 0.6) is 0 Å². The van der Waals surface area contributed by atoms with Crippen molar-refractivity contribution in [3.8, 4) is 0 Å². The Morgan fingerprint density at radius 1 is 1.36 bits per heavy atom. The van der Waals surface area contributed by atoms with E-state index in [9.17, 15) is 4.79 Å². The predicted molar refractivity (Wildman–Crippen MR) is 109 cm³/mol. The lowest BCUT2D eigenvalue weighted by molar-refractivity contribution is -0.0290. The summed E-state index contributed by atoms with van der Waals surface area (Å²) in [5, 5.41) is 8.86. The molecule has 2 N–H and O–H groups in total. The molecule has 154 valence electrons. The minimum Gasteiger partial charge on any atom is -0.294 e. The highest BCUT2D eigenvalue weighted by Gasteiger charge is 2.46. The van der Waals surface area contributed by atoms with E-state index in [0.29, 0.717) is 17.0 Å². The van der Waals surface area contributed by atoms with Crippen LogP contribution in [0.4, 0.5) is 0 Å². The first-order valence-electron chi connectivity index (χ1n) is 11.1. The number of carbonyl (C=O) groups excluding carboxylic acids is 1. The number of hydrogen-bond donors (Lipinski definition) is 2. The molecule has 2 saturated carbocycles. The summed E-state index contributed by atoms with van der Waals surface area (Å²) in [6, 6.07) is 2.49. The second kappa shape index (κ2) is 7.75. The number of pyridine rings is 1. The van der Waals surface area contributed by atoms with E-state index in [1.807, 2.05) is 6.07 Å². The zero-order valence-corrected chi connectivity index (χ0v) is 17.6. The standard InChI is InChI=1S/C23H35N3O2/c1-4-21(23(3)11-16-7-15(2)8-17(9-16)12-23)26-6-5-18-10-19(22(27)25-28)13-24-20(18)14-26/h10,13,15-17,21,28H,4-9,11-12,14H2,1-3H3,(H,25,27). The zero-order chi connectivity index (χ0) is 19.9. The average molecular weight is 386 g/mol. The van der Waals surface area contributed by atoms with Crippen LogP contribution in [0.25, 0.3) is 0 Å². The first kappa shape index (κ1) is 19.8. The summed E-state index contributed by atoms with van der Waals surface area (Å²) >= 11 is 0. The summed E-state index contributed by atoms with van der Waals surface area (Å²) in [6.07, 6.45) is 10.7. The van der Waals surface area contributed by atoms with Gasteiger partial charge < -0.3 is 0 Å². The van der Waals surface area contributed by atoms with Gasteiger partial charge in [-0.15, -0.1) is 0 Å². The lowest BCUT2D eigenvalue weighted by Gasteiger charge is -2.53. The molecule has 2 aliphatic carbocycles. The van der Waals surface area contributed by atoms with E-state index in [0.717, 1.165) is 48.5 Å². The highest BCUT2D eigenvalue weighted by atomic mass is 16.5. The van der Waals surface area contributed by atoms with Crippen LogP contribution in [0.1, 0.15) is 80.9 Å². The Morgan fingerprint density at radius 3 is 2.71 bits per heavy atom. The van der Waals surface area contributed by atoms with Crippen LogP contribution < -0.4 is 5.48 Å². The molecule has 0 aromatic carbocycles. The molecule has 3 unspecified atom stereocenters. The smallest absolute Gasteiger partial charge is 0.276 e. The molecule has 1 aliphatic heterocycles. The van der Waals surface area contributed by atoms with Crippen molar-refractivity contribution in [2.24, 2.45) is 23.2 Å². The van der Waals surface area contributed by atoms with Gasteiger partial charge in [0.1, 0.15) is 0 Å². The van der Waals surface area contributed by atoms with Crippen molar-refractivity contribution in [3.05, 3.63) is 29.1 Å². The van der Waals surface area contributed by atoms with Crippen molar-refractivity contribution < 1.29 is 10.0 Å². The Labute approximate surface area is 168 Å². The monoisotopic (exact) mass is 385 g/mol. The first-order valence-corrected chi connectivity index (χ1v) is 11.1. The molecule has 2 fully saturated rings. The molecule has 5 nitrogen and oxygen atoms in total. The van der Waals surface area contributed by atoms with Crippen LogP contribution in [-0.2, 0) is 13.0 Å². The summed E-state index contributed by atoms with van der Waals surface area (Å²) in [6.45, 7) is 9.24. The van der Waals surface area contributed by atoms with E-state index in [1.165, 1.54) is 38.5 Å². The van der Waals surface area contributed by atoms with Gasteiger partial charge in [-0.1, -0.05) is 20.8 Å². The van der Waals surface area contributed by atoms with E-state index < -0.39 is 5.91 Å². The summed E-state index contributed by atoms with van der Waals surface area (Å²) in [4.78, 5) is 18.9. The molecule has 0 radical (unpaired) electrons. The molecule has 1 amide bonds.